The van der Waals surface area contributed by atoms with E-state index in [1.807, 2.05) is 0 Å². The molecule has 70 valence electrons. The normalized spacial score (nSPS) is 9.92. The van der Waals surface area contributed by atoms with Crippen LogP contribution in [0.2, 0.25) is 0 Å². The first-order valence-corrected chi connectivity index (χ1v) is 5.01. The topological polar surface area (TPSA) is 69.1 Å². The van der Waals surface area contributed by atoms with Gasteiger partial charge in [-0.3, -0.25) is 4.79 Å². The third kappa shape index (κ3) is 2.45. The molecule has 0 saturated carbocycles. The Morgan fingerprint density at radius 2 is 2.08 bits per heavy atom. The summed E-state index contributed by atoms with van der Waals surface area (Å²) in [6, 6.07) is 4.94. The van der Waals surface area contributed by atoms with Gasteiger partial charge in [-0.15, -0.1) is 0 Å². The van der Waals surface area contributed by atoms with Gasteiger partial charge in [0, 0.05) is 28.7 Å². The third-order valence-corrected chi connectivity index (χ3v) is 2.10. The fourth-order valence-electron chi connectivity index (χ4n) is 1.04. The molecule has 0 radical (unpaired) electrons. The zero-order valence-electron chi connectivity index (χ0n) is 7.09. The molecule has 3 nitrogen and oxygen atoms in total. The van der Waals surface area contributed by atoms with Crippen LogP contribution in [0.1, 0.15) is 16.8 Å². The van der Waals surface area contributed by atoms with Crippen LogP contribution < -0.4 is 11.5 Å². The predicted octanol–water partition coefficient (Wildman–Crippen LogP) is 1.82. The van der Waals surface area contributed by atoms with E-state index < -0.39 is 0 Å². The second-order valence-corrected chi connectivity index (χ2v) is 3.50. The fourth-order valence-corrected chi connectivity index (χ4v) is 1.40. The molecule has 0 fully saturated rings. The lowest BCUT2D eigenvalue weighted by Crippen LogP contribution is -2.05. The Kier molecular flexibility index (Phi) is 3.31. The maximum absolute atomic E-state index is 11.5. The van der Waals surface area contributed by atoms with Gasteiger partial charge in [0.05, 0.1) is 0 Å². The molecule has 1 rings (SSSR count). The number of rotatable bonds is 3. The van der Waals surface area contributed by atoms with Crippen molar-refractivity contribution in [3.05, 3.63) is 23.8 Å². The number of anilines is 2. The summed E-state index contributed by atoms with van der Waals surface area (Å²) in [7, 11) is 0. The molecule has 1 aromatic rings. The van der Waals surface area contributed by atoms with Gasteiger partial charge in [-0.2, -0.15) is 0 Å². The molecule has 4 heteroatoms. The standard InChI is InChI=1S/C9H11BrN2O/c10-4-3-9(13)7-5-6(11)1-2-8(7)12/h1-2,5H,3-4,11-12H2. The molecule has 4 N–H and O–H groups in total. The van der Waals surface area contributed by atoms with Crippen LogP contribution in [0.25, 0.3) is 0 Å². The number of ketones is 1. The van der Waals surface area contributed by atoms with Crippen molar-refractivity contribution in [1.82, 2.24) is 0 Å². The van der Waals surface area contributed by atoms with E-state index in [1.165, 1.54) is 0 Å². The largest absolute Gasteiger partial charge is 0.399 e. The van der Waals surface area contributed by atoms with Crippen molar-refractivity contribution in [3.8, 4) is 0 Å². The average molecular weight is 243 g/mol. The van der Waals surface area contributed by atoms with E-state index in [0.29, 0.717) is 28.7 Å². The first kappa shape index (κ1) is 10.1. The van der Waals surface area contributed by atoms with Crippen LogP contribution in [-0.4, -0.2) is 11.1 Å². The van der Waals surface area contributed by atoms with Gasteiger partial charge in [0.25, 0.3) is 0 Å². The molecule has 0 spiro atoms. The number of Topliss-reactive ketones (excluding diaryl/α,β-unsaturated/α-hetero) is 1. The highest BCUT2D eigenvalue weighted by Gasteiger charge is 2.08. The van der Waals surface area contributed by atoms with Crippen molar-refractivity contribution >= 4 is 33.1 Å². The van der Waals surface area contributed by atoms with Crippen LogP contribution in [0.15, 0.2) is 18.2 Å². The lowest BCUT2D eigenvalue weighted by Gasteiger charge is -2.04. The Morgan fingerprint density at radius 1 is 1.38 bits per heavy atom. The number of benzene rings is 1. The fraction of sp³-hybridized carbons (Fsp3) is 0.222. The van der Waals surface area contributed by atoms with Crippen molar-refractivity contribution in [1.29, 1.82) is 0 Å². The Bertz CT molecular complexity index is 325. The van der Waals surface area contributed by atoms with Crippen LogP contribution in [0, 0.1) is 0 Å². The summed E-state index contributed by atoms with van der Waals surface area (Å²) in [6.07, 6.45) is 0.438. The molecule has 0 aliphatic carbocycles. The molecule has 0 aliphatic rings. The smallest absolute Gasteiger partial charge is 0.165 e. The van der Waals surface area contributed by atoms with Gasteiger partial charge in [-0.05, 0) is 18.2 Å². The highest BCUT2D eigenvalue weighted by Crippen LogP contribution is 2.17. The molecule has 0 aliphatic heterocycles. The summed E-state index contributed by atoms with van der Waals surface area (Å²) in [5.74, 6) is 0.0154. The quantitative estimate of drug-likeness (QED) is 0.483. The monoisotopic (exact) mass is 242 g/mol. The number of halogens is 1. The maximum Gasteiger partial charge on any atom is 0.165 e. The van der Waals surface area contributed by atoms with Gasteiger partial charge in [0.2, 0.25) is 0 Å². The van der Waals surface area contributed by atoms with Crippen molar-refractivity contribution in [3.63, 3.8) is 0 Å². The van der Waals surface area contributed by atoms with Crippen molar-refractivity contribution < 1.29 is 4.79 Å². The summed E-state index contributed by atoms with van der Waals surface area (Å²) < 4.78 is 0. The first-order chi connectivity index (χ1) is 6.15. The molecule has 13 heavy (non-hydrogen) atoms. The number of nitrogen functional groups attached to an aromatic ring is 2. The van der Waals surface area contributed by atoms with E-state index in [9.17, 15) is 4.79 Å². The molecule has 0 heterocycles. The van der Waals surface area contributed by atoms with E-state index in [-0.39, 0.29) is 5.78 Å². The second kappa shape index (κ2) is 4.28. The Hall–Kier alpha value is -1.03. The van der Waals surface area contributed by atoms with Crippen LogP contribution in [0.4, 0.5) is 11.4 Å². The van der Waals surface area contributed by atoms with Crippen molar-refractivity contribution in [2.45, 2.75) is 6.42 Å². The second-order valence-electron chi connectivity index (χ2n) is 2.71. The van der Waals surface area contributed by atoms with Crippen molar-refractivity contribution in [2.24, 2.45) is 0 Å². The van der Waals surface area contributed by atoms with Crippen LogP contribution in [0.5, 0.6) is 0 Å². The molecular weight excluding hydrogens is 232 g/mol. The van der Waals surface area contributed by atoms with Gasteiger partial charge in [0.15, 0.2) is 5.78 Å². The van der Waals surface area contributed by atoms with E-state index in [0.717, 1.165) is 0 Å². The Morgan fingerprint density at radius 3 is 2.69 bits per heavy atom. The number of alkyl halides is 1. The number of hydrogen-bond acceptors (Lipinski definition) is 3. The van der Waals surface area contributed by atoms with Gasteiger partial charge in [-0.25, -0.2) is 0 Å². The molecular formula is C9H11BrN2O. The van der Waals surface area contributed by atoms with Gasteiger partial charge < -0.3 is 11.5 Å². The molecule has 0 atom stereocenters. The summed E-state index contributed by atoms with van der Waals surface area (Å²) in [5.41, 5.74) is 12.7. The van der Waals surface area contributed by atoms with E-state index >= 15 is 0 Å². The van der Waals surface area contributed by atoms with Crippen molar-refractivity contribution in [2.75, 3.05) is 16.8 Å². The third-order valence-electron chi connectivity index (χ3n) is 1.70. The lowest BCUT2D eigenvalue weighted by molar-refractivity contribution is 0.0991. The van der Waals surface area contributed by atoms with Crippen LogP contribution in [-0.2, 0) is 0 Å². The average Bonchev–Trinajstić information content (AvgIpc) is 2.09. The van der Waals surface area contributed by atoms with Crippen LogP contribution in [0.3, 0.4) is 0 Å². The highest BCUT2D eigenvalue weighted by atomic mass is 79.9. The molecule has 0 saturated heterocycles. The van der Waals surface area contributed by atoms with Gasteiger partial charge in [-0.1, -0.05) is 15.9 Å². The predicted molar refractivity (Wildman–Crippen MR) is 58.0 cm³/mol. The number of carbonyl (C=O) groups excluding carboxylic acids is 1. The Balaban J connectivity index is 2.99. The minimum absolute atomic E-state index is 0.0154. The Labute approximate surface area is 85.2 Å². The van der Waals surface area contributed by atoms with E-state index in [2.05, 4.69) is 15.9 Å². The van der Waals surface area contributed by atoms with Gasteiger partial charge >= 0.3 is 0 Å². The summed E-state index contributed by atoms with van der Waals surface area (Å²) >= 11 is 3.20. The van der Waals surface area contributed by atoms with Gasteiger partial charge in [0.1, 0.15) is 0 Å². The van der Waals surface area contributed by atoms with E-state index in [4.69, 9.17) is 11.5 Å². The summed E-state index contributed by atoms with van der Waals surface area (Å²) in [6.45, 7) is 0. The number of hydrogen-bond donors (Lipinski definition) is 2. The zero-order valence-corrected chi connectivity index (χ0v) is 8.67. The lowest BCUT2D eigenvalue weighted by atomic mass is 10.1. The zero-order chi connectivity index (χ0) is 9.84. The minimum atomic E-state index is 0.0154. The summed E-state index contributed by atoms with van der Waals surface area (Å²) in [4.78, 5) is 11.5. The minimum Gasteiger partial charge on any atom is -0.399 e. The van der Waals surface area contributed by atoms with Crippen LogP contribution >= 0.6 is 15.9 Å². The molecule has 0 aromatic heterocycles. The number of carbonyl (C=O) groups is 1. The highest BCUT2D eigenvalue weighted by molar-refractivity contribution is 9.09. The SMILES string of the molecule is Nc1ccc(N)c(C(=O)CCBr)c1. The molecule has 0 bridgehead atoms. The molecule has 1 aromatic carbocycles. The first-order valence-electron chi connectivity index (χ1n) is 3.89. The molecule has 0 unspecified atom stereocenters. The molecule has 0 amide bonds. The van der Waals surface area contributed by atoms with E-state index in [1.54, 1.807) is 18.2 Å². The summed E-state index contributed by atoms with van der Waals surface area (Å²) in [5, 5.41) is 0.639. The number of nitrogens with two attached hydrogens (primary N) is 2. The maximum atomic E-state index is 11.5.